The van der Waals surface area contributed by atoms with Crippen LogP contribution in [0.4, 0.5) is 5.69 Å². The van der Waals surface area contributed by atoms with Gasteiger partial charge in [-0.15, -0.1) is 0 Å². The molecule has 0 spiro atoms. The number of rotatable bonds is 2. The number of fused-ring (bicyclic) bond motifs is 1. The Bertz CT molecular complexity index is 925. The van der Waals surface area contributed by atoms with Crippen LogP contribution in [0.1, 0.15) is 5.56 Å². The third kappa shape index (κ3) is 2.33. The molecule has 22 heavy (non-hydrogen) atoms. The molecule has 5 nitrogen and oxygen atoms in total. The van der Waals surface area contributed by atoms with E-state index in [0.29, 0.717) is 16.6 Å². The zero-order valence-electron chi connectivity index (χ0n) is 11.9. The van der Waals surface area contributed by atoms with Crippen LogP contribution in [0.25, 0.3) is 10.9 Å². The summed E-state index contributed by atoms with van der Waals surface area (Å²) < 4.78 is 1.48. The second-order valence-corrected chi connectivity index (χ2v) is 4.92. The van der Waals surface area contributed by atoms with Crippen molar-refractivity contribution in [1.82, 2.24) is 4.57 Å². The minimum atomic E-state index is -0.321. The van der Waals surface area contributed by atoms with Gasteiger partial charge in [0.05, 0.1) is 11.2 Å². The van der Waals surface area contributed by atoms with Crippen molar-refractivity contribution in [2.75, 3.05) is 0 Å². The van der Waals surface area contributed by atoms with Crippen LogP contribution in [0.5, 0.6) is 11.5 Å². The monoisotopic (exact) mass is 294 g/mol. The van der Waals surface area contributed by atoms with Gasteiger partial charge in [-0.3, -0.25) is 9.79 Å². The average molecular weight is 294 g/mol. The van der Waals surface area contributed by atoms with E-state index in [0.717, 1.165) is 0 Å². The molecular weight excluding hydrogens is 280 g/mol. The number of phenolic OH excluding ortho intramolecular Hbond substituents is 1. The zero-order chi connectivity index (χ0) is 15.7. The van der Waals surface area contributed by atoms with Gasteiger partial charge < -0.3 is 14.8 Å². The number of aliphatic imine (C=N–C) groups is 1. The maximum absolute atomic E-state index is 12.4. The molecule has 1 heterocycles. The van der Waals surface area contributed by atoms with Gasteiger partial charge in [0.2, 0.25) is 0 Å². The summed E-state index contributed by atoms with van der Waals surface area (Å²) in [5.74, 6) is 0.0599. The van der Waals surface area contributed by atoms with Crippen molar-refractivity contribution in [2.24, 2.45) is 12.0 Å². The minimum Gasteiger partial charge on any atom is -0.508 e. The largest absolute Gasteiger partial charge is 0.508 e. The summed E-state index contributed by atoms with van der Waals surface area (Å²) in [7, 11) is 1.65. The Morgan fingerprint density at radius 3 is 2.45 bits per heavy atom. The lowest BCUT2D eigenvalue weighted by molar-refractivity contribution is 0.475. The lowest BCUT2D eigenvalue weighted by atomic mass is 10.1. The number of hydrogen-bond acceptors (Lipinski definition) is 4. The van der Waals surface area contributed by atoms with E-state index in [2.05, 4.69) is 4.99 Å². The predicted molar refractivity (Wildman–Crippen MR) is 86.2 cm³/mol. The molecule has 0 fully saturated rings. The molecule has 2 aromatic carbocycles. The predicted octanol–water partition coefficient (Wildman–Crippen LogP) is 2.70. The van der Waals surface area contributed by atoms with Crippen molar-refractivity contribution in [3.8, 4) is 11.5 Å². The molecule has 0 saturated heterocycles. The summed E-state index contributed by atoms with van der Waals surface area (Å²) >= 11 is 0. The molecule has 5 heteroatoms. The summed E-state index contributed by atoms with van der Waals surface area (Å²) in [6.45, 7) is 0. The van der Waals surface area contributed by atoms with Crippen molar-refractivity contribution in [1.29, 1.82) is 0 Å². The van der Waals surface area contributed by atoms with E-state index < -0.39 is 0 Å². The fourth-order valence-corrected chi connectivity index (χ4v) is 2.30. The van der Waals surface area contributed by atoms with Crippen LogP contribution >= 0.6 is 0 Å². The Kier molecular flexibility index (Phi) is 3.39. The fraction of sp³-hybridized carbons (Fsp3) is 0.0588. The highest BCUT2D eigenvalue weighted by Crippen LogP contribution is 2.25. The summed E-state index contributed by atoms with van der Waals surface area (Å²) in [5.41, 5.74) is 1.05. The number of nitrogens with zero attached hydrogens (tertiary/aromatic N) is 2. The van der Waals surface area contributed by atoms with E-state index in [1.807, 2.05) is 6.07 Å². The first-order chi connectivity index (χ1) is 10.6. The van der Waals surface area contributed by atoms with Crippen LogP contribution in [0.2, 0.25) is 0 Å². The van der Waals surface area contributed by atoms with E-state index in [4.69, 9.17) is 0 Å². The van der Waals surface area contributed by atoms with Gasteiger partial charge in [0.1, 0.15) is 17.1 Å². The molecular formula is C17H14N2O3. The first-order valence-corrected chi connectivity index (χ1v) is 6.71. The smallest absolute Gasteiger partial charge is 0.263 e. The maximum atomic E-state index is 12.4. The Hall–Kier alpha value is -3.08. The molecule has 3 aromatic rings. The number of para-hydroxylation sites is 1. The molecule has 1 aromatic heterocycles. The van der Waals surface area contributed by atoms with Crippen molar-refractivity contribution >= 4 is 22.8 Å². The van der Waals surface area contributed by atoms with Crippen LogP contribution in [-0.4, -0.2) is 21.0 Å². The van der Waals surface area contributed by atoms with Gasteiger partial charge in [0.25, 0.3) is 5.56 Å². The van der Waals surface area contributed by atoms with Gasteiger partial charge in [-0.05, 0) is 36.4 Å². The SMILES string of the molecule is Cn1c(=O)c(C=Nc2ccc(O)cc2)c(O)c2ccccc21. The van der Waals surface area contributed by atoms with Crippen LogP contribution in [-0.2, 0) is 7.05 Å². The molecule has 0 atom stereocenters. The molecule has 0 radical (unpaired) electrons. The summed E-state index contributed by atoms with van der Waals surface area (Å²) in [6, 6.07) is 13.4. The summed E-state index contributed by atoms with van der Waals surface area (Å²) in [5, 5.41) is 20.2. The number of pyridine rings is 1. The molecule has 110 valence electrons. The quantitative estimate of drug-likeness (QED) is 0.714. The van der Waals surface area contributed by atoms with Crippen molar-refractivity contribution in [3.05, 3.63) is 64.4 Å². The Morgan fingerprint density at radius 2 is 1.73 bits per heavy atom. The van der Waals surface area contributed by atoms with E-state index >= 15 is 0 Å². The van der Waals surface area contributed by atoms with Crippen molar-refractivity contribution in [2.45, 2.75) is 0 Å². The number of benzene rings is 2. The van der Waals surface area contributed by atoms with Crippen LogP contribution in [0.3, 0.4) is 0 Å². The second kappa shape index (κ2) is 5.37. The van der Waals surface area contributed by atoms with Crippen LogP contribution < -0.4 is 5.56 Å². The first-order valence-electron chi connectivity index (χ1n) is 6.71. The standard InChI is InChI=1S/C17H14N2O3/c1-19-15-5-3-2-4-13(15)16(21)14(17(19)22)10-18-11-6-8-12(20)9-7-11/h2-10,20-21H,1H3. The van der Waals surface area contributed by atoms with Crippen molar-refractivity contribution < 1.29 is 10.2 Å². The molecule has 0 amide bonds. The van der Waals surface area contributed by atoms with Gasteiger partial charge in [-0.25, -0.2) is 0 Å². The van der Waals surface area contributed by atoms with Gasteiger partial charge in [-0.2, -0.15) is 0 Å². The number of aromatic nitrogens is 1. The number of aromatic hydroxyl groups is 2. The molecule has 0 aliphatic rings. The molecule has 0 unspecified atom stereocenters. The van der Waals surface area contributed by atoms with Gasteiger partial charge in [-0.1, -0.05) is 12.1 Å². The third-order valence-corrected chi connectivity index (χ3v) is 3.50. The van der Waals surface area contributed by atoms with E-state index in [-0.39, 0.29) is 22.6 Å². The minimum absolute atomic E-state index is 0.0822. The molecule has 3 rings (SSSR count). The molecule has 0 aliphatic carbocycles. The Balaban J connectivity index is 2.15. The third-order valence-electron chi connectivity index (χ3n) is 3.50. The maximum Gasteiger partial charge on any atom is 0.263 e. The number of phenols is 1. The van der Waals surface area contributed by atoms with Gasteiger partial charge >= 0.3 is 0 Å². The van der Waals surface area contributed by atoms with Crippen LogP contribution in [0, 0.1) is 0 Å². The van der Waals surface area contributed by atoms with Gasteiger partial charge in [0.15, 0.2) is 0 Å². The zero-order valence-corrected chi connectivity index (χ0v) is 11.9. The number of aryl methyl sites for hydroxylation is 1. The lowest BCUT2D eigenvalue weighted by Crippen LogP contribution is -2.21. The molecule has 0 bridgehead atoms. The Labute approximate surface area is 126 Å². The Morgan fingerprint density at radius 1 is 1.05 bits per heavy atom. The second-order valence-electron chi connectivity index (χ2n) is 4.92. The highest BCUT2D eigenvalue weighted by Gasteiger charge is 2.12. The van der Waals surface area contributed by atoms with E-state index in [9.17, 15) is 15.0 Å². The molecule has 0 saturated carbocycles. The normalized spacial score (nSPS) is 11.3. The van der Waals surface area contributed by atoms with E-state index in [1.54, 1.807) is 37.4 Å². The summed E-state index contributed by atoms with van der Waals surface area (Å²) in [4.78, 5) is 16.5. The lowest BCUT2D eigenvalue weighted by Gasteiger charge is -2.09. The average Bonchev–Trinajstić information content (AvgIpc) is 2.54. The van der Waals surface area contributed by atoms with Crippen LogP contribution in [0.15, 0.2) is 58.3 Å². The highest BCUT2D eigenvalue weighted by atomic mass is 16.3. The fourth-order valence-electron chi connectivity index (χ4n) is 2.30. The first kappa shape index (κ1) is 13.9. The molecule has 0 aliphatic heterocycles. The summed E-state index contributed by atoms with van der Waals surface area (Å²) in [6.07, 6.45) is 1.34. The topological polar surface area (TPSA) is 74.8 Å². The van der Waals surface area contributed by atoms with Gasteiger partial charge in [0, 0.05) is 18.6 Å². The van der Waals surface area contributed by atoms with Crippen molar-refractivity contribution in [3.63, 3.8) is 0 Å². The molecule has 2 N–H and O–H groups in total. The highest BCUT2D eigenvalue weighted by molar-refractivity contribution is 5.95. The van der Waals surface area contributed by atoms with E-state index in [1.165, 1.54) is 22.9 Å². The number of hydrogen-bond donors (Lipinski definition) is 2.